The molecule has 0 spiro atoms. The van der Waals surface area contributed by atoms with Gasteiger partial charge < -0.3 is 10.7 Å². The lowest BCUT2D eigenvalue weighted by molar-refractivity contribution is -0.116. The van der Waals surface area contributed by atoms with Crippen LogP contribution in [0.5, 0.6) is 0 Å². The van der Waals surface area contributed by atoms with Crippen molar-refractivity contribution in [3.63, 3.8) is 0 Å². The second-order valence-electron chi connectivity index (χ2n) is 3.97. The third kappa shape index (κ3) is 4.04. The van der Waals surface area contributed by atoms with E-state index >= 15 is 0 Å². The lowest BCUT2D eigenvalue weighted by Crippen LogP contribution is -2.33. The van der Waals surface area contributed by atoms with E-state index in [-0.39, 0.29) is 11.4 Å². The molecular weight excluding hydrogens is 180 g/mol. The first-order valence-electron chi connectivity index (χ1n) is 4.55. The van der Waals surface area contributed by atoms with Crippen LogP contribution in [0.15, 0.2) is 12.4 Å². The van der Waals surface area contributed by atoms with Gasteiger partial charge in [0.1, 0.15) is 0 Å². The van der Waals surface area contributed by atoms with Crippen LogP contribution in [-0.4, -0.2) is 21.4 Å². The van der Waals surface area contributed by atoms with Crippen molar-refractivity contribution in [3.8, 4) is 0 Å². The molecule has 0 saturated carbocycles. The molecule has 0 bridgehead atoms. The Balaban J connectivity index is 2.30. The van der Waals surface area contributed by atoms with E-state index in [0.29, 0.717) is 18.8 Å². The van der Waals surface area contributed by atoms with Gasteiger partial charge in [-0.15, -0.1) is 0 Å². The maximum atomic E-state index is 11.3. The Bertz CT molecular complexity index is 286. The summed E-state index contributed by atoms with van der Waals surface area (Å²) in [5.41, 5.74) is 5.45. The summed E-state index contributed by atoms with van der Waals surface area (Å²) >= 11 is 0. The topological polar surface area (TPSA) is 83.8 Å². The molecule has 1 heterocycles. The van der Waals surface area contributed by atoms with E-state index in [1.165, 1.54) is 0 Å². The number of hydrogen-bond donors (Lipinski definition) is 3. The minimum atomic E-state index is -0.305. The first-order chi connectivity index (χ1) is 6.47. The van der Waals surface area contributed by atoms with Gasteiger partial charge in [0.2, 0.25) is 11.9 Å². The van der Waals surface area contributed by atoms with E-state index in [1.807, 2.05) is 13.8 Å². The number of aromatic amines is 1. The molecule has 5 nitrogen and oxygen atoms in total. The second kappa shape index (κ2) is 4.23. The molecule has 0 saturated heterocycles. The summed E-state index contributed by atoms with van der Waals surface area (Å²) in [6, 6.07) is 0. The molecule has 1 rings (SSSR count). The SMILES string of the molecule is CC(C)(N)CCC(=O)Nc1ncc[nH]1. The molecule has 0 aromatic carbocycles. The molecule has 14 heavy (non-hydrogen) atoms. The summed E-state index contributed by atoms with van der Waals surface area (Å²) in [5, 5.41) is 2.63. The van der Waals surface area contributed by atoms with Crippen molar-refractivity contribution in [2.24, 2.45) is 5.73 Å². The fourth-order valence-electron chi connectivity index (χ4n) is 0.964. The van der Waals surface area contributed by atoms with E-state index in [4.69, 9.17) is 5.73 Å². The number of anilines is 1. The first kappa shape index (κ1) is 10.7. The van der Waals surface area contributed by atoms with Crippen molar-refractivity contribution in [2.75, 3.05) is 5.32 Å². The minimum Gasteiger partial charge on any atom is -0.331 e. The van der Waals surface area contributed by atoms with Crippen LogP contribution in [0, 0.1) is 0 Å². The molecule has 0 unspecified atom stereocenters. The predicted molar refractivity (Wildman–Crippen MR) is 54.7 cm³/mol. The number of carbonyl (C=O) groups is 1. The molecule has 0 aliphatic heterocycles. The minimum absolute atomic E-state index is 0.0709. The smallest absolute Gasteiger partial charge is 0.226 e. The van der Waals surface area contributed by atoms with Crippen LogP contribution in [0.25, 0.3) is 0 Å². The molecule has 4 N–H and O–H groups in total. The van der Waals surface area contributed by atoms with Crippen LogP contribution in [0.2, 0.25) is 0 Å². The van der Waals surface area contributed by atoms with Gasteiger partial charge in [0.25, 0.3) is 0 Å². The van der Waals surface area contributed by atoms with Gasteiger partial charge in [-0.1, -0.05) is 0 Å². The monoisotopic (exact) mass is 196 g/mol. The molecule has 78 valence electrons. The van der Waals surface area contributed by atoms with Crippen molar-refractivity contribution in [3.05, 3.63) is 12.4 Å². The summed E-state index contributed by atoms with van der Waals surface area (Å²) in [4.78, 5) is 18.0. The van der Waals surface area contributed by atoms with Crippen molar-refractivity contribution in [2.45, 2.75) is 32.2 Å². The number of nitrogens with two attached hydrogens (primary N) is 1. The highest BCUT2D eigenvalue weighted by atomic mass is 16.1. The zero-order chi connectivity index (χ0) is 10.6. The number of H-pyrrole nitrogens is 1. The third-order valence-electron chi connectivity index (χ3n) is 1.75. The summed E-state index contributed by atoms with van der Waals surface area (Å²) in [5.74, 6) is 0.406. The van der Waals surface area contributed by atoms with Crippen LogP contribution in [-0.2, 0) is 4.79 Å². The number of nitrogens with zero attached hydrogens (tertiary/aromatic N) is 1. The Morgan fingerprint density at radius 1 is 1.71 bits per heavy atom. The highest BCUT2D eigenvalue weighted by Crippen LogP contribution is 2.07. The zero-order valence-electron chi connectivity index (χ0n) is 8.50. The summed E-state index contributed by atoms with van der Waals surface area (Å²) in [6.45, 7) is 3.79. The van der Waals surface area contributed by atoms with Crippen LogP contribution < -0.4 is 11.1 Å². The molecule has 0 fully saturated rings. The van der Waals surface area contributed by atoms with Crippen LogP contribution >= 0.6 is 0 Å². The highest BCUT2D eigenvalue weighted by Gasteiger charge is 2.13. The molecule has 0 radical (unpaired) electrons. The molecule has 0 atom stereocenters. The van der Waals surface area contributed by atoms with E-state index in [2.05, 4.69) is 15.3 Å². The maximum absolute atomic E-state index is 11.3. The number of carbonyl (C=O) groups excluding carboxylic acids is 1. The average Bonchev–Trinajstić information content (AvgIpc) is 2.52. The van der Waals surface area contributed by atoms with Gasteiger partial charge >= 0.3 is 0 Å². The average molecular weight is 196 g/mol. The number of imidazole rings is 1. The van der Waals surface area contributed by atoms with Gasteiger partial charge in [-0.3, -0.25) is 10.1 Å². The number of rotatable bonds is 4. The summed E-state index contributed by atoms with van der Waals surface area (Å²) in [6.07, 6.45) is 4.30. The van der Waals surface area contributed by atoms with Gasteiger partial charge in [-0.2, -0.15) is 0 Å². The Hall–Kier alpha value is -1.36. The van der Waals surface area contributed by atoms with Crippen LogP contribution in [0.4, 0.5) is 5.95 Å². The zero-order valence-corrected chi connectivity index (χ0v) is 8.50. The van der Waals surface area contributed by atoms with E-state index in [9.17, 15) is 4.79 Å². The molecule has 0 aliphatic carbocycles. The van der Waals surface area contributed by atoms with Gasteiger partial charge in [0.15, 0.2) is 0 Å². The lowest BCUT2D eigenvalue weighted by atomic mass is 10.00. The fourth-order valence-corrected chi connectivity index (χ4v) is 0.964. The largest absolute Gasteiger partial charge is 0.331 e. The standard InChI is InChI=1S/C9H16N4O/c1-9(2,10)4-3-7(14)13-8-11-5-6-12-8/h5-6H,3-4,10H2,1-2H3,(H2,11,12,13,14). The molecule has 1 aromatic rings. The number of aromatic nitrogens is 2. The van der Waals surface area contributed by atoms with Gasteiger partial charge in [0.05, 0.1) is 0 Å². The van der Waals surface area contributed by atoms with Gasteiger partial charge in [-0.05, 0) is 20.3 Å². The fraction of sp³-hybridized carbons (Fsp3) is 0.556. The van der Waals surface area contributed by atoms with Gasteiger partial charge in [0, 0.05) is 24.4 Å². The molecule has 0 aliphatic rings. The highest BCUT2D eigenvalue weighted by molar-refractivity contribution is 5.88. The first-order valence-corrected chi connectivity index (χ1v) is 4.55. The van der Waals surface area contributed by atoms with Crippen molar-refractivity contribution < 1.29 is 4.79 Å². The quantitative estimate of drug-likeness (QED) is 0.668. The molecule has 1 amide bonds. The Kier molecular flexibility index (Phi) is 3.24. The van der Waals surface area contributed by atoms with Crippen molar-refractivity contribution in [1.29, 1.82) is 0 Å². The normalized spacial score (nSPS) is 11.4. The second-order valence-corrected chi connectivity index (χ2v) is 3.97. The lowest BCUT2D eigenvalue weighted by Gasteiger charge is -2.17. The molecule has 1 aromatic heterocycles. The third-order valence-corrected chi connectivity index (χ3v) is 1.75. The predicted octanol–water partition coefficient (Wildman–Crippen LogP) is 0.866. The molecule has 5 heteroatoms. The van der Waals surface area contributed by atoms with Crippen molar-refractivity contribution in [1.82, 2.24) is 9.97 Å². The summed E-state index contributed by atoms with van der Waals surface area (Å²) < 4.78 is 0. The van der Waals surface area contributed by atoms with Crippen molar-refractivity contribution >= 4 is 11.9 Å². The Morgan fingerprint density at radius 2 is 2.43 bits per heavy atom. The van der Waals surface area contributed by atoms with Crippen LogP contribution in [0.3, 0.4) is 0 Å². The number of hydrogen-bond acceptors (Lipinski definition) is 3. The number of amides is 1. The molecular formula is C9H16N4O. The Morgan fingerprint density at radius 3 is 2.93 bits per heavy atom. The maximum Gasteiger partial charge on any atom is 0.226 e. The van der Waals surface area contributed by atoms with E-state index in [1.54, 1.807) is 12.4 Å². The number of nitrogens with one attached hydrogen (secondary N) is 2. The van der Waals surface area contributed by atoms with Crippen LogP contribution in [0.1, 0.15) is 26.7 Å². The summed E-state index contributed by atoms with van der Waals surface area (Å²) in [7, 11) is 0. The Labute approximate surface area is 83.1 Å². The van der Waals surface area contributed by atoms with E-state index in [0.717, 1.165) is 0 Å². The van der Waals surface area contributed by atoms with Gasteiger partial charge in [-0.25, -0.2) is 4.98 Å². The van der Waals surface area contributed by atoms with E-state index < -0.39 is 0 Å².